The van der Waals surface area contributed by atoms with Crippen molar-refractivity contribution in [1.82, 2.24) is 0 Å². The van der Waals surface area contributed by atoms with E-state index in [1.54, 1.807) is 12.1 Å². The van der Waals surface area contributed by atoms with Gasteiger partial charge >= 0.3 is 0 Å². The van der Waals surface area contributed by atoms with Crippen molar-refractivity contribution in [1.29, 1.82) is 0 Å². The van der Waals surface area contributed by atoms with E-state index in [0.717, 1.165) is 0 Å². The maximum absolute atomic E-state index is 12.0. The van der Waals surface area contributed by atoms with E-state index in [0.29, 0.717) is 27.7 Å². The zero-order chi connectivity index (χ0) is 12.7. The lowest BCUT2D eigenvalue weighted by Gasteiger charge is -2.06. The highest BCUT2D eigenvalue weighted by Crippen LogP contribution is 2.33. The lowest BCUT2D eigenvalue weighted by Crippen LogP contribution is -2.04. The zero-order valence-corrected chi connectivity index (χ0v) is 9.60. The van der Waals surface area contributed by atoms with Crippen molar-refractivity contribution in [3.05, 3.63) is 40.4 Å². The zero-order valence-electron chi connectivity index (χ0n) is 9.60. The molecule has 0 amide bonds. The standard InChI is InChI=1S/C13H10O5/c1-16-13-8-2-3-17-10(8)5-11-12(13)9(15)4-7(6-14)18-11/h2-5,14H,6H2,1H3. The van der Waals surface area contributed by atoms with Crippen LogP contribution in [-0.2, 0) is 6.61 Å². The number of fused-ring (bicyclic) bond motifs is 2. The Bertz CT molecular complexity index is 781. The molecule has 5 nitrogen and oxygen atoms in total. The van der Waals surface area contributed by atoms with E-state index in [9.17, 15) is 4.79 Å². The minimum atomic E-state index is -0.330. The summed E-state index contributed by atoms with van der Waals surface area (Å²) in [5.41, 5.74) is 0.656. The number of furan rings is 1. The number of methoxy groups -OCH3 is 1. The van der Waals surface area contributed by atoms with Gasteiger partial charge in [-0.25, -0.2) is 0 Å². The summed E-state index contributed by atoms with van der Waals surface area (Å²) >= 11 is 0. The van der Waals surface area contributed by atoms with Crippen molar-refractivity contribution < 1.29 is 18.7 Å². The average Bonchev–Trinajstić information content (AvgIpc) is 2.83. The van der Waals surface area contributed by atoms with Crippen molar-refractivity contribution in [2.75, 3.05) is 7.11 Å². The van der Waals surface area contributed by atoms with E-state index in [2.05, 4.69) is 0 Å². The van der Waals surface area contributed by atoms with Gasteiger partial charge in [-0.15, -0.1) is 0 Å². The molecule has 0 unspecified atom stereocenters. The first kappa shape index (κ1) is 10.9. The molecule has 2 heterocycles. The van der Waals surface area contributed by atoms with Crippen LogP contribution in [0.15, 0.2) is 38.1 Å². The number of hydrogen-bond acceptors (Lipinski definition) is 5. The fraction of sp³-hybridized carbons (Fsp3) is 0.154. The highest BCUT2D eigenvalue weighted by molar-refractivity contribution is 6.01. The molecular formula is C13H10O5. The first-order valence-electron chi connectivity index (χ1n) is 5.36. The topological polar surface area (TPSA) is 72.8 Å². The van der Waals surface area contributed by atoms with Crippen LogP contribution in [0.5, 0.6) is 5.75 Å². The lowest BCUT2D eigenvalue weighted by molar-refractivity contribution is 0.248. The summed E-state index contributed by atoms with van der Waals surface area (Å²) in [7, 11) is 1.49. The normalized spacial score (nSPS) is 11.2. The van der Waals surface area contributed by atoms with E-state index in [-0.39, 0.29) is 17.8 Å². The number of ether oxygens (including phenoxy) is 1. The smallest absolute Gasteiger partial charge is 0.196 e. The summed E-state index contributed by atoms with van der Waals surface area (Å²) in [6, 6.07) is 4.61. The van der Waals surface area contributed by atoms with Crippen molar-refractivity contribution in [2.24, 2.45) is 0 Å². The molecule has 0 saturated heterocycles. The Morgan fingerprint density at radius 2 is 2.17 bits per heavy atom. The molecule has 0 saturated carbocycles. The largest absolute Gasteiger partial charge is 0.495 e. The molecule has 0 radical (unpaired) electrons. The molecule has 2 aromatic heterocycles. The minimum Gasteiger partial charge on any atom is -0.495 e. The van der Waals surface area contributed by atoms with Crippen LogP contribution in [0, 0.1) is 0 Å². The van der Waals surface area contributed by atoms with Gasteiger partial charge in [-0.3, -0.25) is 4.79 Å². The second-order valence-electron chi connectivity index (χ2n) is 3.85. The Hall–Kier alpha value is -2.27. The summed E-state index contributed by atoms with van der Waals surface area (Å²) in [6.07, 6.45) is 1.52. The van der Waals surface area contributed by atoms with Crippen LogP contribution in [0.25, 0.3) is 21.9 Å². The maximum atomic E-state index is 12.0. The highest BCUT2D eigenvalue weighted by atomic mass is 16.5. The average molecular weight is 246 g/mol. The van der Waals surface area contributed by atoms with E-state index in [1.165, 1.54) is 19.4 Å². The van der Waals surface area contributed by atoms with Gasteiger partial charge in [0.25, 0.3) is 0 Å². The number of rotatable bonds is 2. The SMILES string of the molecule is COc1c2ccoc2cc2oc(CO)cc(=O)c12. The van der Waals surface area contributed by atoms with Gasteiger partial charge in [0.2, 0.25) is 0 Å². The Balaban J connectivity index is 2.55. The van der Waals surface area contributed by atoms with E-state index >= 15 is 0 Å². The third-order valence-corrected chi connectivity index (χ3v) is 2.81. The molecule has 1 N–H and O–H groups in total. The Morgan fingerprint density at radius 1 is 1.33 bits per heavy atom. The molecule has 0 aliphatic rings. The number of aliphatic hydroxyl groups is 1. The quantitative estimate of drug-likeness (QED) is 0.749. The number of benzene rings is 1. The van der Waals surface area contributed by atoms with Gasteiger partial charge in [0, 0.05) is 12.1 Å². The maximum Gasteiger partial charge on any atom is 0.196 e. The molecule has 0 fully saturated rings. The Kier molecular flexibility index (Phi) is 2.34. The van der Waals surface area contributed by atoms with Gasteiger partial charge in [-0.05, 0) is 6.07 Å². The van der Waals surface area contributed by atoms with Crippen molar-refractivity contribution in [2.45, 2.75) is 6.61 Å². The van der Waals surface area contributed by atoms with Gasteiger partial charge in [-0.1, -0.05) is 0 Å². The predicted octanol–water partition coefficient (Wildman–Crippen LogP) is 2.04. The van der Waals surface area contributed by atoms with Gasteiger partial charge < -0.3 is 18.7 Å². The first-order chi connectivity index (χ1) is 8.74. The molecule has 0 bridgehead atoms. The summed E-state index contributed by atoms with van der Waals surface area (Å²) in [6.45, 7) is -0.330. The molecule has 1 aromatic carbocycles. The molecule has 3 aromatic rings. The van der Waals surface area contributed by atoms with Crippen LogP contribution in [0.2, 0.25) is 0 Å². The molecule has 3 rings (SSSR count). The van der Waals surface area contributed by atoms with Crippen LogP contribution in [0.3, 0.4) is 0 Å². The van der Waals surface area contributed by atoms with Crippen molar-refractivity contribution in [3.8, 4) is 5.75 Å². The van der Waals surface area contributed by atoms with Crippen LogP contribution >= 0.6 is 0 Å². The highest BCUT2D eigenvalue weighted by Gasteiger charge is 2.15. The lowest BCUT2D eigenvalue weighted by atomic mass is 10.1. The molecule has 18 heavy (non-hydrogen) atoms. The number of aliphatic hydroxyl groups excluding tert-OH is 1. The van der Waals surface area contributed by atoms with E-state index in [4.69, 9.17) is 18.7 Å². The third kappa shape index (κ3) is 1.41. The van der Waals surface area contributed by atoms with Crippen LogP contribution in [0.1, 0.15) is 5.76 Å². The van der Waals surface area contributed by atoms with Gasteiger partial charge in [0.15, 0.2) is 5.43 Å². The molecular weight excluding hydrogens is 236 g/mol. The summed E-state index contributed by atoms with van der Waals surface area (Å²) in [5, 5.41) is 10.1. The first-order valence-corrected chi connectivity index (χ1v) is 5.36. The van der Waals surface area contributed by atoms with Crippen molar-refractivity contribution >= 4 is 21.9 Å². The summed E-state index contributed by atoms with van der Waals surface area (Å²) < 4.78 is 16.0. The second kappa shape index (κ2) is 3.89. The number of hydrogen-bond donors (Lipinski definition) is 1. The monoisotopic (exact) mass is 246 g/mol. The van der Waals surface area contributed by atoms with Crippen LogP contribution in [-0.4, -0.2) is 12.2 Å². The van der Waals surface area contributed by atoms with Crippen molar-refractivity contribution in [3.63, 3.8) is 0 Å². The Labute approximate surface area is 101 Å². The van der Waals surface area contributed by atoms with Gasteiger partial charge in [0.1, 0.15) is 34.7 Å². The molecule has 92 valence electrons. The predicted molar refractivity (Wildman–Crippen MR) is 64.7 cm³/mol. The molecule has 0 aliphatic heterocycles. The van der Waals surface area contributed by atoms with Gasteiger partial charge in [-0.2, -0.15) is 0 Å². The molecule has 0 aliphatic carbocycles. The fourth-order valence-corrected chi connectivity index (χ4v) is 2.05. The Morgan fingerprint density at radius 3 is 2.89 bits per heavy atom. The third-order valence-electron chi connectivity index (χ3n) is 2.81. The minimum absolute atomic E-state index is 0.209. The fourth-order valence-electron chi connectivity index (χ4n) is 2.05. The molecule has 5 heteroatoms. The van der Waals surface area contributed by atoms with E-state index in [1.807, 2.05) is 0 Å². The second-order valence-corrected chi connectivity index (χ2v) is 3.85. The van der Waals surface area contributed by atoms with Crippen LogP contribution < -0.4 is 10.2 Å². The summed E-state index contributed by atoms with van der Waals surface area (Å²) in [4.78, 5) is 12.0. The molecule has 0 atom stereocenters. The van der Waals surface area contributed by atoms with Gasteiger partial charge in [0.05, 0.1) is 18.8 Å². The molecule has 0 spiro atoms. The van der Waals surface area contributed by atoms with E-state index < -0.39 is 0 Å². The van der Waals surface area contributed by atoms with Crippen LogP contribution in [0.4, 0.5) is 0 Å². The summed E-state index contributed by atoms with van der Waals surface area (Å²) in [5.74, 6) is 0.634.